The third kappa shape index (κ3) is 2.12. The summed E-state index contributed by atoms with van der Waals surface area (Å²) >= 11 is 0. The van der Waals surface area contributed by atoms with E-state index in [1.165, 1.54) is 6.33 Å². The van der Waals surface area contributed by atoms with Crippen molar-refractivity contribution in [1.82, 2.24) is 40.4 Å². The monoisotopic (exact) mass is 240 g/mol. The summed E-state index contributed by atoms with van der Waals surface area (Å²) in [6.07, 6.45) is 10.0. The first-order chi connectivity index (χ1) is 8.92. The number of aromatic amines is 1. The fourth-order valence-electron chi connectivity index (χ4n) is 1.35. The van der Waals surface area contributed by atoms with Gasteiger partial charge in [-0.3, -0.25) is 0 Å². The van der Waals surface area contributed by atoms with Crippen molar-refractivity contribution < 1.29 is 0 Å². The summed E-state index contributed by atoms with van der Waals surface area (Å²) in [6, 6.07) is 1.77. The minimum Gasteiger partial charge on any atom is -0.245 e. The minimum absolute atomic E-state index is 0.683. The van der Waals surface area contributed by atoms with Gasteiger partial charge >= 0.3 is 0 Å². The van der Waals surface area contributed by atoms with E-state index in [1.54, 1.807) is 41.6 Å². The first-order valence-electron chi connectivity index (χ1n) is 5.14. The van der Waals surface area contributed by atoms with E-state index in [2.05, 4.69) is 35.7 Å². The van der Waals surface area contributed by atoms with Crippen molar-refractivity contribution in [3.8, 4) is 11.4 Å². The Morgan fingerprint density at radius 3 is 3.06 bits per heavy atom. The Kier molecular flexibility index (Phi) is 2.59. The lowest BCUT2D eigenvalue weighted by Crippen LogP contribution is -1.85. The molecule has 0 saturated heterocycles. The zero-order valence-electron chi connectivity index (χ0n) is 9.17. The molecule has 0 aliphatic rings. The molecule has 1 N–H and O–H groups in total. The van der Waals surface area contributed by atoms with Crippen molar-refractivity contribution in [2.24, 2.45) is 0 Å². The molecule has 8 nitrogen and oxygen atoms in total. The first-order valence-corrected chi connectivity index (χ1v) is 5.14. The van der Waals surface area contributed by atoms with Crippen LogP contribution < -0.4 is 0 Å². The van der Waals surface area contributed by atoms with Gasteiger partial charge in [-0.2, -0.15) is 15.4 Å². The van der Waals surface area contributed by atoms with Gasteiger partial charge in [-0.05, 0) is 12.1 Å². The normalized spacial score (nSPS) is 11.1. The van der Waals surface area contributed by atoms with E-state index in [1.807, 2.05) is 0 Å². The second-order valence-corrected chi connectivity index (χ2v) is 3.39. The zero-order chi connectivity index (χ0) is 12.2. The van der Waals surface area contributed by atoms with Crippen molar-refractivity contribution in [2.75, 3.05) is 0 Å². The summed E-state index contributed by atoms with van der Waals surface area (Å²) in [5, 5.41) is 18.1. The average molecular weight is 240 g/mol. The van der Waals surface area contributed by atoms with Gasteiger partial charge < -0.3 is 0 Å². The van der Waals surface area contributed by atoms with Crippen LogP contribution in [-0.2, 0) is 0 Å². The van der Waals surface area contributed by atoms with Crippen LogP contribution in [0.25, 0.3) is 23.7 Å². The summed E-state index contributed by atoms with van der Waals surface area (Å²) in [7, 11) is 0. The van der Waals surface area contributed by atoms with Gasteiger partial charge in [-0.1, -0.05) is 5.21 Å². The van der Waals surface area contributed by atoms with Crippen molar-refractivity contribution >= 4 is 12.3 Å². The molecule has 3 heterocycles. The molecule has 18 heavy (non-hydrogen) atoms. The van der Waals surface area contributed by atoms with Gasteiger partial charge in [0, 0.05) is 12.4 Å². The van der Waals surface area contributed by atoms with Gasteiger partial charge in [0.25, 0.3) is 0 Å². The summed E-state index contributed by atoms with van der Waals surface area (Å²) < 4.78 is 1.58. The van der Waals surface area contributed by atoms with Gasteiger partial charge in [-0.15, -0.1) is 5.10 Å². The maximum atomic E-state index is 4.09. The quantitative estimate of drug-likeness (QED) is 0.715. The van der Waals surface area contributed by atoms with Gasteiger partial charge in [0.2, 0.25) is 0 Å². The SMILES string of the molecule is C(=C/n1cc(-c2ccncn2)nn1)/c1cn[nH]n1. The Morgan fingerprint density at radius 1 is 1.28 bits per heavy atom. The highest BCUT2D eigenvalue weighted by atomic mass is 15.4. The van der Waals surface area contributed by atoms with E-state index < -0.39 is 0 Å². The van der Waals surface area contributed by atoms with Crippen molar-refractivity contribution in [3.05, 3.63) is 36.7 Å². The van der Waals surface area contributed by atoms with Crippen LogP contribution in [-0.4, -0.2) is 40.4 Å². The highest BCUT2D eigenvalue weighted by Gasteiger charge is 2.02. The molecular formula is C10H8N8. The molecule has 0 spiro atoms. The molecule has 3 aromatic rings. The predicted molar refractivity (Wildman–Crippen MR) is 62.7 cm³/mol. The van der Waals surface area contributed by atoms with Gasteiger partial charge in [-0.25, -0.2) is 14.6 Å². The van der Waals surface area contributed by atoms with Crippen molar-refractivity contribution in [3.63, 3.8) is 0 Å². The largest absolute Gasteiger partial charge is 0.245 e. The lowest BCUT2D eigenvalue weighted by Gasteiger charge is -1.90. The lowest BCUT2D eigenvalue weighted by atomic mass is 10.3. The molecule has 0 aliphatic heterocycles. The van der Waals surface area contributed by atoms with E-state index in [0.29, 0.717) is 11.4 Å². The van der Waals surface area contributed by atoms with Gasteiger partial charge in [0.15, 0.2) is 0 Å². The Hall–Kier alpha value is -2.90. The third-order valence-electron chi connectivity index (χ3n) is 2.19. The fraction of sp³-hybridized carbons (Fsp3) is 0. The number of nitrogens with zero attached hydrogens (tertiary/aromatic N) is 7. The Balaban J connectivity index is 1.82. The van der Waals surface area contributed by atoms with Crippen LogP contribution in [0.5, 0.6) is 0 Å². The highest BCUT2D eigenvalue weighted by molar-refractivity contribution is 5.58. The molecule has 0 amide bonds. The van der Waals surface area contributed by atoms with Crippen LogP contribution in [0.3, 0.4) is 0 Å². The molecule has 0 aromatic carbocycles. The Bertz CT molecular complexity index is 640. The second kappa shape index (κ2) is 4.53. The molecule has 0 fully saturated rings. The van der Waals surface area contributed by atoms with Crippen molar-refractivity contribution in [1.29, 1.82) is 0 Å². The number of hydrogen-bond donors (Lipinski definition) is 1. The van der Waals surface area contributed by atoms with Crippen LogP contribution >= 0.6 is 0 Å². The van der Waals surface area contributed by atoms with Gasteiger partial charge in [0.05, 0.1) is 18.1 Å². The van der Waals surface area contributed by atoms with Crippen LogP contribution in [0.15, 0.2) is 31.0 Å². The third-order valence-corrected chi connectivity index (χ3v) is 2.19. The van der Waals surface area contributed by atoms with Crippen molar-refractivity contribution in [2.45, 2.75) is 0 Å². The molecule has 88 valence electrons. The molecule has 0 saturated carbocycles. The number of rotatable bonds is 3. The van der Waals surface area contributed by atoms with E-state index >= 15 is 0 Å². The number of nitrogens with one attached hydrogen (secondary N) is 1. The van der Waals surface area contributed by atoms with Crippen LogP contribution in [0.4, 0.5) is 0 Å². The molecule has 0 bridgehead atoms. The maximum absolute atomic E-state index is 4.09. The zero-order valence-corrected chi connectivity index (χ0v) is 9.17. The molecule has 3 rings (SSSR count). The molecule has 0 unspecified atom stereocenters. The van der Waals surface area contributed by atoms with Crippen LogP contribution in [0.1, 0.15) is 5.69 Å². The fourth-order valence-corrected chi connectivity index (χ4v) is 1.35. The number of hydrogen-bond acceptors (Lipinski definition) is 6. The van der Waals surface area contributed by atoms with E-state index in [9.17, 15) is 0 Å². The Labute approximate surface area is 101 Å². The molecule has 0 aliphatic carbocycles. The molecular weight excluding hydrogens is 232 g/mol. The maximum Gasteiger partial charge on any atom is 0.131 e. The highest BCUT2D eigenvalue weighted by Crippen LogP contribution is 2.11. The van der Waals surface area contributed by atoms with E-state index in [-0.39, 0.29) is 0 Å². The lowest BCUT2D eigenvalue weighted by molar-refractivity contribution is 0.842. The topological polar surface area (TPSA) is 98.1 Å². The summed E-state index contributed by atoms with van der Waals surface area (Å²) in [5.41, 5.74) is 2.13. The van der Waals surface area contributed by atoms with Gasteiger partial charge in [0.1, 0.15) is 17.7 Å². The Morgan fingerprint density at radius 2 is 2.28 bits per heavy atom. The van der Waals surface area contributed by atoms with E-state index in [4.69, 9.17) is 0 Å². The summed E-state index contributed by atoms with van der Waals surface area (Å²) in [5.74, 6) is 0. The molecule has 0 atom stereocenters. The molecule has 0 radical (unpaired) electrons. The summed E-state index contributed by atoms with van der Waals surface area (Å²) in [4.78, 5) is 7.94. The first kappa shape index (κ1) is 10.3. The van der Waals surface area contributed by atoms with E-state index in [0.717, 1.165) is 5.69 Å². The smallest absolute Gasteiger partial charge is 0.131 e. The molecule has 8 heteroatoms. The van der Waals surface area contributed by atoms with Crippen LogP contribution in [0, 0.1) is 0 Å². The molecule has 3 aromatic heterocycles. The van der Waals surface area contributed by atoms with Crippen LogP contribution in [0.2, 0.25) is 0 Å². The standard InChI is InChI=1S/C10H8N8/c1-3-11-7-12-9(1)10-6-18(17-15-10)4-2-8-5-13-16-14-8/h1-7H,(H,13,14,16)/b4-2-. The minimum atomic E-state index is 0.683. The average Bonchev–Trinajstić information content (AvgIpc) is 3.09. The predicted octanol–water partition coefficient (Wildman–Crippen LogP) is 0.481. The summed E-state index contributed by atoms with van der Waals surface area (Å²) in [6.45, 7) is 0. The number of aromatic nitrogens is 8. The number of H-pyrrole nitrogens is 1. The second-order valence-electron chi connectivity index (χ2n) is 3.39.